The van der Waals surface area contributed by atoms with Gasteiger partial charge >= 0.3 is 0 Å². The molecular formula is C14H24NO2PS. The number of unbranched alkanes of at least 4 members (excludes halogenated alkanes) is 1. The molecule has 5 heteroatoms. The molecule has 0 aliphatic rings. The Morgan fingerprint density at radius 1 is 1.05 bits per heavy atom. The zero-order chi connectivity index (χ0) is 14.3. The molecule has 19 heavy (non-hydrogen) atoms. The standard InChI is InChI=1S/C14H24NO2PS/c1-4-7-8-13-9-11-14(12-10-13)19(16,17)15-18(5-2)6-3/h9-12,15H,4-8H2,1-3H3. The Kier molecular flexibility index (Phi) is 6.98. The van der Waals surface area contributed by atoms with E-state index in [-0.39, 0.29) is 0 Å². The Morgan fingerprint density at radius 2 is 1.63 bits per heavy atom. The average Bonchev–Trinajstić information content (AvgIpc) is 2.43. The molecule has 0 amide bonds. The Labute approximate surface area is 118 Å². The van der Waals surface area contributed by atoms with E-state index in [1.54, 1.807) is 12.1 Å². The summed E-state index contributed by atoms with van der Waals surface area (Å²) in [6.45, 7) is 6.19. The lowest BCUT2D eigenvalue weighted by Crippen LogP contribution is -2.20. The summed E-state index contributed by atoms with van der Waals surface area (Å²) >= 11 is 0. The zero-order valence-electron chi connectivity index (χ0n) is 12.0. The van der Waals surface area contributed by atoms with Gasteiger partial charge in [0.05, 0.1) is 4.90 Å². The van der Waals surface area contributed by atoms with Gasteiger partial charge in [0.2, 0.25) is 10.0 Å². The van der Waals surface area contributed by atoms with Crippen molar-refractivity contribution in [3.63, 3.8) is 0 Å². The molecule has 0 unspecified atom stereocenters. The minimum absolute atomic E-state index is 0.377. The van der Waals surface area contributed by atoms with E-state index in [4.69, 9.17) is 0 Å². The molecule has 0 aromatic heterocycles. The average molecular weight is 301 g/mol. The second-order valence-electron chi connectivity index (χ2n) is 4.51. The van der Waals surface area contributed by atoms with E-state index in [1.165, 1.54) is 5.56 Å². The van der Waals surface area contributed by atoms with Crippen molar-refractivity contribution < 1.29 is 8.42 Å². The first-order valence-corrected chi connectivity index (χ1v) is 10.1. The third kappa shape index (κ3) is 5.21. The molecule has 0 aliphatic carbocycles. The zero-order valence-corrected chi connectivity index (χ0v) is 13.7. The largest absolute Gasteiger partial charge is 0.243 e. The van der Waals surface area contributed by atoms with Crippen LogP contribution in [0.15, 0.2) is 29.2 Å². The highest BCUT2D eigenvalue weighted by atomic mass is 32.2. The van der Waals surface area contributed by atoms with E-state index < -0.39 is 18.1 Å². The molecule has 108 valence electrons. The van der Waals surface area contributed by atoms with Crippen molar-refractivity contribution in [3.05, 3.63) is 29.8 Å². The maximum atomic E-state index is 12.2. The molecule has 0 atom stereocenters. The number of rotatable bonds is 8. The predicted octanol–water partition coefficient (Wildman–Crippen LogP) is 3.74. The maximum absolute atomic E-state index is 12.2. The minimum Gasteiger partial charge on any atom is -0.207 e. The van der Waals surface area contributed by atoms with Crippen molar-refractivity contribution in [2.24, 2.45) is 0 Å². The molecule has 1 rings (SSSR count). The molecule has 1 aromatic rings. The van der Waals surface area contributed by atoms with Crippen LogP contribution in [0, 0.1) is 0 Å². The minimum atomic E-state index is -3.34. The van der Waals surface area contributed by atoms with Gasteiger partial charge in [-0.15, -0.1) is 0 Å². The van der Waals surface area contributed by atoms with Crippen LogP contribution in [0.25, 0.3) is 0 Å². The smallest absolute Gasteiger partial charge is 0.207 e. The summed E-state index contributed by atoms with van der Waals surface area (Å²) in [4.78, 5) is 0.377. The lowest BCUT2D eigenvalue weighted by Gasteiger charge is -2.15. The van der Waals surface area contributed by atoms with E-state index in [9.17, 15) is 8.42 Å². The highest BCUT2D eigenvalue weighted by molar-refractivity contribution is 7.95. The van der Waals surface area contributed by atoms with Crippen LogP contribution in [0.1, 0.15) is 39.2 Å². The first-order chi connectivity index (χ1) is 9.03. The molecule has 0 radical (unpaired) electrons. The van der Waals surface area contributed by atoms with Crippen molar-refractivity contribution in [2.45, 2.75) is 44.9 Å². The van der Waals surface area contributed by atoms with Crippen molar-refractivity contribution in [2.75, 3.05) is 12.3 Å². The monoisotopic (exact) mass is 301 g/mol. The Balaban J connectivity index is 2.78. The molecule has 0 aliphatic heterocycles. The van der Waals surface area contributed by atoms with Crippen LogP contribution < -0.4 is 4.49 Å². The Bertz CT molecular complexity index is 467. The first-order valence-electron chi connectivity index (χ1n) is 6.89. The molecule has 0 heterocycles. The van der Waals surface area contributed by atoms with Crippen LogP contribution in [-0.4, -0.2) is 20.7 Å². The van der Waals surface area contributed by atoms with E-state index >= 15 is 0 Å². The Morgan fingerprint density at radius 3 is 2.11 bits per heavy atom. The molecular weight excluding hydrogens is 277 g/mol. The van der Waals surface area contributed by atoms with Gasteiger partial charge < -0.3 is 0 Å². The number of sulfonamides is 1. The maximum Gasteiger partial charge on any atom is 0.243 e. The van der Waals surface area contributed by atoms with Gasteiger partial charge in [0.1, 0.15) is 0 Å². The van der Waals surface area contributed by atoms with E-state index in [2.05, 4.69) is 11.4 Å². The van der Waals surface area contributed by atoms with Crippen LogP contribution in [0.3, 0.4) is 0 Å². The second kappa shape index (κ2) is 7.98. The quantitative estimate of drug-likeness (QED) is 0.743. The fourth-order valence-corrected chi connectivity index (χ4v) is 5.55. The van der Waals surface area contributed by atoms with Crippen molar-refractivity contribution in [3.8, 4) is 0 Å². The van der Waals surface area contributed by atoms with Crippen molar-refractivity contribution >= 4 is 18.1 Å². The van der Waals surface area contributed by atoms with Gasteiger partial charge in [-0.2, -0.15) is 4.49 Å². The van der Waals surface area contributed by atoms with Gasteiger partial charge in [0.15, 0.2) is 0 Å². The number of benzene rings is 1. The Hall–Kier alpha value is -0.440. The fourth-order valence-electron chi connectivity index (χ4n) is 1.79. The molecule has 3 nitrogen and oxygen atoms in total. The SMILES string of the molecule is CCCCc1ccc(S(=O)(=O)NP(CC)CC)cc1. The third-order valence-electron chi connectivity index (χ3n) is 3.07. The lowest BCUT2D eigenvalue weighted by molar-refractivity contribution is 0.594. The molecule has 0 saturated carbocycles. The summed E-state index contributed by atoms with van der Waals surface area (Å²) in [6.07, 6.45) is 5.06. The summed E-state index contributed by atoms with van der Waals surface area (Å²) in [5, 5.41) is 0. The van der Waals surface area contributed by atoms with Gasteiger partial charge in [-0.05, 0) is 50.9 Å². The molecule has 1 aromatic carbocycles. The van der Waals surface area contributed by atoms with Crippen molar-refractivity contribution in [1.29, 1.82) is 0 Å². The van der Waals surface area contributed by atoms with Gasteiger partial charge in [-0.3, -0.25) is 0 Å². The van der Waals surface area contributed by atoms with Gasteiger partial charge in [0, 0.05) is 0 Å². The highest BCUT2D eigenvalue weighted by Gasteiger charge is 2.17. The fraction of sp³-hybridized carbons (Fsp3) is 0.571. The number of hydrogen-bond donors (Lipinski definition) is 1. The second-order valence-corrected chi connectivity index (χ2v) is 9.07. The van der Waals surface area contributed by atoms with Crippen LogP contribution in [0.4, 0.5) is 0 Å². The van der Waals surface area contributed by atoms with E-state index in [0.29, 0.717) is 4.90 Å². The molecule has 1 N–H and O–H groups in total. The summed E-state index contributed by atoms with van der Waals surface area (Å²) in [7, 11) is -3.97. The molecule has 0 spiro atoms. The van der Waals surface area contributed by atoms with Crippen LogP contribution in [0.5, 0.6) is 0 Å². The van der Waals surface area contributed by atoms with Crippen LogP contribution in [0.2, 0.25) is 0 Å². The van der Waals surface area contributed by atoms with Gasteiger partial charge in [0.25, 0.3) is 0 Å². The highest BCUT2D eigenvalue weighted by Crippen LogP contribution is 2.31. The summed E-state index contributed by atoms with van der Waals surface area (Å²) in [6, 6.07) is 7.27. The summed E-state index contributed by atoms with van der Waals surface area (Å²) < 4.78 is 27.2. The van der Waals surface area contributed by atoms with Gasteiger partial charge in [-0.1, -0.05) is 39.3 Å². The number of aryl methyl sites for hydroxylation is 1. The first kappa shape index (κ1) is 16.6. The summed E-state index contributed by atoms with van der Waals surface area (Å²) in [5.74, 6) is 0. The number of hydrogen-bond acceptors (Lipinski definition) is 2. The van der Waals surface area contributed by atoms with E-state index in [0.717, 1.165) is 31.6 Å². The summed E-state index contributed by atoms with van der Waals surface area (Å²) in [5.41, 5.74) is 1.20. The normalized spacial score (nSPS) is 12.0. The molecule has 0 fully saturated rings. The van der Waals surface area contributed by atoms with E-state index in [1.807, 2.05) is 26.0 Å². The number of nitrogens with one attached hydrogen (secondary N) is 1. The molecule has 0 bridgehead atoms. The lowest BCUT2D eigenvalue weighted by atomic mass is 10.1. The van der Waals surface area contributed by atoms with Crippen molar-refractivity contribution in [1.82, 2.24) is 4.49 Å². The predicted molar refractivity (Wildman–Crippen MR) is 83.4 cm³/mol. The third-order valence-corrected chi connectivity index (χ3v) is 7.48. The van der Waals surface area contributed by atoms with Gasteiger partial charge in [-0.25, -0.2) is 8.42 Å². The van der Waals surface area contributed by atoms with Crippen LogP contribution in [-0.2, 0) is 16.4 Å². The topological polar surface area (TPSA) is 46.2 Å². The van der Waals surface area contributed by atoms with Crippen LogP contribution >= 0.6 is 8.07 Å². The molecule has 0 saturated heterocycles.